The van der Waals surface area contributed by atoms with E-state index < -0.39 is 6.10 Å². The minimum Gasteiger partial charge on any atom is -0.469 e. The molecular weight excluding hydrogens is 430 g/mol. The number of thiophene rings is 1. The number of nitrogens with zero attached hydrogens (tertiary/aromatic N) is 4. The van der Waals surface area contributed by atoms with E-state index in [-0.39, 0.29) is 24.9 Å². The molecule has 2 N–H and O–H groups in total. The molecule has 2 aliphatic rings. The van der Waals surface area contributed by atoms with Gasteiger partial charge in [0.1, 0.15) is 18.3 Å². The molecule has 4 aromatic heterocycles. The quantitative estimate of drug-likeness (QED) is 0.478. The molecule has 0 amide bonds. The van der Waals surface area contributed by atoms with E-state index in [0.29, 0.717) is 24.1 Å². The summed E-state index contributed by atoms with van der Waals surface area (Å²) in [5.41, 5.74) is 3.50. The van der Waals surface area contributed by atoms with Crippen molar-refractivity contribution in [1.82, 2.24) is 25.1 Å². The Labute approximate surface area is 187 Å². The minimum absolute atomic E-state index is 0.267. The number of aliphatic hydroxyl groups excluding tert-OH is 1. The van der Waals surface area contributed by atoms with Gasteiger partial charge >= 0.3 is 0 Å². The fourth-order valence-electron chi connectivity index (χ4n) is 3.92. The standard InChI is InChI=1S/C22H19N5O4S/c28-16-9-29-20-17(10-30-19(16)20)31-18-4-2-12(7-24-18)15-3-1-13(8-23-15)21-25-22(27-26-21)14-5-6-32-11-14/h1-8,11,16-17,19-20,28H,9-10H2,(H,25,26,27)/t16-,17+,19-,20-/m1/s1. The highest BCUT2D eigenvalue weighted by molar-refractivity contribution is 7.08. The monoisotopic (exact) mass is 449 g/mol. The molecule has 0 aliphatic carbocycles. The number of nitrogens with one attached hydrogen (secondary N) is 1. The van der Waals surface area contributed by atoms with Gasteiger partial charge in [-0.05, 0) is 29.6 Å². The molecule has 0 bridgehead atoms. The fraction of sp³-hybridized carbons (Fsp3) is 0.273. The third-order valence-corrected chi connectivity index (χ3v) is 6.27. The van der Waals surface area contributed by atoms with Gasteiger partial charge in [0.25, 0.3) is 0 Å². The smallest absolute Gasteiger partial charge is 0.213 e. The van der Waals surface area contributed by atoms with E-state index in [4.69, 9.17) is 14.2 Å². The Morgan fingerprint density at radius 3 is 2.62 bits per heavy atom. The van der Waals surface area contributed by atoms with Crippen LogP contribution in [0.5, 0.6) is 5.88 Å². The van der Waals surface area contributed by atoms with Gasteiger partial charge in [0.05, 0.1) is 18.9 Å². The predicted octanol–water partition coefficient (Wildman–Crippen LogP) is 2.56. The van der Waals surface area contributed by atoms with Gasteiger partial charge in [-0.25, -0.2) is 9.97 Å². The van der Waals surface area contributed by atoms with Crippen LogP contribution in [0.4, 0.5) is 0 Å². The van der Waals surface area contributed by atoms with Crippen LogP contribution in [0.25, 0.3) is 34.0 Å². The Morgan fingerprint density at radius 2 is 1.84 bits per heavy atom. The van der Waals surface area contributed by atoms with E-state index in [1.807, 2.05) is 35.0 Å². The van der Waals surface area contributed by atoms with Gasteiger partial charge in [0.15, 0.2) is 17.8 Å². The third-order valence-electron chi connectivity index (χ3n) is 5.59. The van der Waals surface area contributed by atoms with Crippen molar-refractivity contribution in [1.29, 1.82) is 0 Å². The second-order valence-corrected chi connectivity index (χ2v) is 8.44. The number of pyridine rings is 2. The van der Waals surface area contributed by atoms with Crippen LogP contribution in [0.3, 0.4) is 0 Å². The number of rotatable bonds is 5. The summed E-state index contributed by atoms with van der Waals surface area (Å²) >= 11 is 1.61. The first-order valence-electron chi connectivity index (χ1n) is 10.2. The van der Waals surface area contributed by atoms with Crippen molar-refractivity contribution in [2.75, 3.05) is 13.2 Å². The summed E-state index contributed by atoms with van der Waals surface area (Å²) in [5, 5.41) is 21.1. The maximum Gasteiger partial charge on any atom is 0.213 e. The van der Waals surface area contributed by atoms with Gasteiger partial charge in [0, 0.05) is 40.5 Å². The minimum atomic E-state index is -0.600. The van der Waals surface area contributed by atoms with Crippen LogP contribution < -0.4 is 4.74 Å². The number of fused-ring (bicyclic) bond motifs is 1. The number of H-pyrrole nitrogens is 1. The van der Waals surface area contributed by atoms with Crippen molar-refractivity contribution >= 4 is 11.3 Å². The molecule has 9 nitrogen and oxygen atoms in total. The first-order valence-corrected chi connectivity index (χ1v) is 11.1. The second kappa shape index (κ2) is 8.06. The zero-order valence-electron chi connectivity index (χ0n) is 16.8. The zero-order chi connectivity index (χ0) is 21.5. The van der Waals surface area contributed by atoms with Crippen LogP contribution in [0.2, 0.25) is 0 Å². The molecular formula is C22H19N5O4S. The summed E-state index contributed by atoms with van der Waals surface area (Å²) in [6.45, 7) is 0.640. The highest BCUT2D eigenvalue weighted by Crippen LogP contribution is 2.30. The Hall–Kier alpha value is -3.18. The highest BCUT2D eigenvalue weighted by atomic mass is 32.1. The molecule has 10 heteroatoms. The first-order chi connectivity index (χ1) is 15.7. The van der Waals surface area contributed by atoms with Crippen molar-refractivity contribution in [3.63, 3.8) is 0 Å². The largest absolute Gasteiger partial charge is 0.469 e. The highest BCUT2D eigenvalue weighted by Gasteiger charge is 2.48. The van der Waals surface area contributed by atoms with Gasteiger partial charge in [-0.3, -0.25) is 10.1 Å². The van der Waals surface area contributed by atoms with Gasteiger partial charge in [-0.1, -0.05) is 0 Å². The van der Waals surface area contributed by atoms with Crippen LogP contribution in [0.1, 0.15) is 0 Å². The molecule has 6 heterocycles. The number of hydrogen-bond acceptors (Lipinski definition) is 9. The SMILES string of the molecule is O[C@@H]1CO[C@H]2[C@@H]1OC[C@@H]2Oc1ccc(-c2ccc(-c3nc(-c4ccsc4)n[nH]3)cn2)cn1. The summed E-state index contributed by atoms with van der Waals surface area (Å²) in [7, 11) is 0. The van der Waals surface area contributed by atoms with E-state index >= 15 is 0 Å². The van der Waals surface area contributed by atoms with E-state index in [2.05, 4.69) is 25.1 Å². The molecule has 162 valence electrons. The Morgan fingerprint density at radius 1 is 0.969 bits per heavy atom. The van der Waals surface area contributed by atoms with E-state index in [1.165, 1.54) is 0 Å². The van der Waals surface area contributed by atoms with Crippen LogP contribution in [0, 0.1) is 0 Å². The molecule has 32 heavy (non-hydrogen) atoms. The van der Waals surface area contributed by atoms with Gasteiger partial charge in [-0.2, -0.15) is 16.4 Å². The van der Waals surface area contributed by atoms with Crippen molar-refractivity contribution in [2.24, 2.45) is 0 Å². The van der Waals surface area contributed by atoms with Crippen molar-refractivity contribution in [3.05, 3.63) is 53.5 Å². The third kappa shape index (κ3) is 3.56. The number of ether oxygens (including phenoxy) is 3. The number of aromatic amines is 1. The van der Waals surface area contributed by atoms with Crippen molar-refractivity contribution in [3.8, 4) is 39.9 Å². The van der Waals surface area contributed by atoms with E-state index in [1.54, 1.807) is 29.8 Å². The molecule has 0 radical (unpaired) electrons. The van der Waals surface area contributed by atoms with Crippen molar-refractivity contribution < 1.29 is 19.3 Å². The van der Waals surface area contributed by atoms with Gasteiger partial charge in [-0.15, -0.1) is 0 Å². The molecule has 0 unspecified atom stereocenters. The predicted molar refractivity (Wildman–Crippen MR) is 116 cm³/mol. The molecule has 2 aliphatic heterocycles. The molecule has 4 aromatic rings. The molecule has 2 fully saturated rings. The lowest BCUT2D eigenvalue weighted by Crippen LogP contribution is -2.34. The zero-order valence-corrected chi connectivity index (χ0v) is 17.6. The normalized spacial score (nSPS) is 24.5. The Balaban J connectivity index is 1.14. The first kappa shape index (κ1) is 19.5. The topological polar surface area (TPSA) is 115 Å². The Bertz CT molecular complexity index is 1200. The van der Waals surface area contributed by atoms with Gasteiger partial charge < -0.3 is 19.3 Å². The maximum atomic E-state index is 9.85. The van der Waals surface area contributed by atoms with E-state index in [9.17, 15) is 5.11 Å². The maximum absolute atomic E-state index is 9.85. The Kier molecular flexibility index (Phi) is 4.91. The van der Waals surface area contributed by atoms with Crippen LogP contribution >= 0.6 is 11.3 Å². The molecule has 0 saturated carbocycles. The lowest BCUT2D eigenvalue weighted by atomic mass is 10.1. The number of aliphatic hydroxyl groups is 1. The van der Waals surface area contributed by atoms with Crippen LogP contribution in [-0.4, -0.2) is 67.9 Å². The summed E-state index contributed by atoms with van der Waals surface area (Å²) in [4.78, 5) is 13.5. The average Bonchev–Trinajstić information content (AvgIpc) is 3.62. The van der Waals surface area contributed by atoms with Crippen molar-refractivity contribution in [2.45, 2.75) is 24.4 Å². The molecule has 4 atom stereocenters. The lowest BCUT2D eigenvalue weighted by molar-refractivity contribution is 0.00780. The summed E-state index contributed by atoms with van der Waals surface area (Å²) < 4.78 is 17.1. The fourth-order valence-corrected chi connectivity index (χ4v) is 4.55. The number of aromatic nitrogens is 5. The summed E-state index contributed by atoms with van der Waals surface area (Å²) in [5.74, 6) is 1.82. The molecule has 0 spiro atoms. The van der Waals surface area contributed by atoms with E-state index in [0.717, 1.165) is 22.4 Å². The summed E-state index contributed by atoms with van der Waals surface area (Å²) in [6.07, 6.45) is 2.00. The number of hydrogen-bond donors (Lipinski definition) is 2. The lowest BCUT2D eigenvalue weighted by Gasteiger charge is -2.17. The van der Waals surface area contributed by atoms with Gasteiger partial charge in [0.2, 0.25) is 5.88 Å². The second-order valence-electron chi connectivity index (χ2n) is 7.66. The molecule has 0 aromatic carbocycles. The molecule has 2 saturated heterocycles. The summed E-state index contributed by atoms with van der Waals surface area (Å²) in [6, 6.07) is 9.56. The average molecular weight is 449 g/mol. The molecule has 6 rings (SSSR count). The van der Waals surface area contributed by atoms with Crippen LogP contribution in [0.15, 0.2) is 53.5 Å². The van der Waals surface area contributed by atoms with Crippen LogP contribution in [-0.2, 0) is 9.47 Å².